The molecule has 1 N–H and O–H groups in total. The Labute approximate surface area is 168 Å². The molecule has 0 radical (unpaired) electrons. The molecule has 4 heteroatoms. The summed E-state index contributed by atoms with van der Waals surface area (Å²) in [4.78, 5) is 14.6. The largest absolute Gasteiger partial charge is 0.321 e. The van der Waals surface area contributed by atoms with Crippen molar-refractivity contribution in [2.75, 3.05) is 0 Å². The van der Waals surface area contributed by atoms with Gasteiger partial charge in [0.2, 0.25) is 0 Å². The molecule has 0 aliphatic heterocycles. The molecule has 0 spiro atoms. The van der Waals surface area contributed by atoms with Crippen LogP contribution < -0.4 is 5.32 Å². The number of hydrogen-bond acceptors (Lipinski definition) is 1. The van der Waals surface area contributed by atoms with Crippen molar-refractivity contribution in [3.05, 3.63) is 112 Å². The van der Waals surface area contributed by atoms with E-state index in [-0.39, 0.29) is 6.03 Å². The Morgan fingerprint density at radius 2 is 1.44 bits per heavy atom. The minimum atomic E-state index is -0.131. The summed E-state index contributed by atoms with van der Waals surface area (Å²) in [6, 6.07) is 27.8. The van der Waals surface area contributed by atoms with E-state index in [4.69, 9.17) is 0 Å². The van der Waals surface area contributed by atoms with Gasteiger partial charge in [-0.2, -0.15) is 0 Å². The molecule has 27 heavy (non-hydrogen) atoms. The lowest BCUT2D eigenvalue weighted by atomic mass is 10.2. The van der Waals surface area contributed by atoms with E-state index in [1.165, 1.54) is 0 Å². The van der Waals surface area contributed by atoms with Gasteiger partial charge in [0.15, 0.2) is 0 Å². The van der Waals surface area contributed by atoms with Crippen LogP contribution in [0.25, 0.3) is 6.08 Å². The number of rotatable bonds is 6. The second-order valence-corrected chi connectivity index (χ2v) is 7.08. The number of hydrogen-bond donors (Lipinski definition) is 1. The van der Waals surface area contributed by atoms with Crippen LogP contribution in [0.4, 0.5) is 4.79 Å². The van der Waals surface area contributed by atoms with Gasteiger partial charge in [0.1, 0.15) is 0 Å². The molecule has 0 saturated carbocycles. The maximum absolute atomic E-state index is 12.8. The fourth-order valence-electron chi connectivity index (χ4n) is 2.72. The Morgan fingerprint density at radius 1 is 0.852 bits per heavy atom. The van der Waals surface area contributed by atoms with Crippen molar-refractivity contribution in [2.24, 2.45) is 0 Å². The Kier molecular flexibility index (Phi) is 6.83. The van der Waals surface area contributed by atoms with Gasteiger partial charge < -0.3 is 10.2 Å². The summed E-state index contributed by atoms with van der Waals surface area (Å²) < 4.78 is 1.01. The first-order valence-electron chi connectivity index (χ1n) is 8.76. The third-order valence-electron chi connectivity index (χ3n) is 4.05. The quantitative estimate of drug-likeness (QED) is 0.534. The Bertz CT molecular complexity index is 853. The first-order chi connectivity index (χ1) is 13.2. The number of amides is 2. The summed E-state index contributed by atoms with van der Waals surface area (Å²) in [6.45, 7) is 1.10. The number of carbonyl (C=O) groups excluding carboxylic acids is 1. The molecule has 136 valence electrons. The average molecular weight is 421 g/mol. The summed E-state index contributed by atoms with van der Waals surface area (Å²) in [7, 11) is 0. The lowest BCUT2D eigenvalue weighted by molar-refractivity contribution is 0.196. The molecule has 0 aromatic heterocycles. The summed E-state index contributed by atoms with van der Waals surface area (Å²) in [5.74, 6) is 0. The standard InChI is InChI=1S/C23H21BrN2O/c24-22-13-7-12-19(16-22)14-15-25-23(27)26(17-20-8-3-1-4-9-20)18-21-10-5-2-6-11-21/h1-16H,17-18H2,(H,25,27)/b15-14+. The topological polar surface area (TPSA) is 32.3 Å². The average Bonchev–Trinajstić information content (AvgIpc) is 2.69. The number of nitrogens with zero attached hydrogens (tertiary/aromatic N) is 1. The van der Waals surface area contributed by atoms with Gasteiger partial charge in [0.05, 0.1) is 0 Å². The van der Waals surface area contributed by atoms with Gasteiger partial charge in [0.25, 0.3) is 0 Å². The van der Waals surface area contributed by atoms with Crippen molar-refractivity contribution in [1.29, 1.82) is 0 Å². The monoisotopic (exact) mass is 420 g/mol. The van der Waals surface area contributed by atoms with Crippen LogP contribution >= 0.6 is 15.9 Å². The van der Waals surface area contributed by atoms with E-state index in [0.717, 1.165) is 21.2 Å². The van der Waals surface area contributed by atoms with Crippen molar-refractivity contribution in [2.45, 2.75) is 13.1 Å². The zero-order valence-electron chi connectivity index (χ0n) is 14.9. The molecule has 0 atom stereocenters. The molecule has 2 amide bonds. The normalized spacial score (nSPS) is 10.7. The Morgan fingerprint density at radius 3 is 2.00 bits per heavy atom. The van der Waals surface area contributed by atoms with Crippen LogP contribution in [-0.2, 0) is 13.1 Å². The summed E-state index contributed by atoms with van der Waals surface area (Å²) in [5.41, 5.74) is 3.21. The molecule has 3 aromatic carbocycles. The minimum Gasteiger partial charge on any atom is -0.316 e. The summed E-state index contributed by atoms with van der Waals surface area (Å²) in [6.07, 6.45) is 3.57. The maximum atomic E-state index is 12.8. The number of halogens is 1. The highest BCUT2D eigenvalue weighted by Crippen LogP contribution is 2.13. The second kappa shape index (κ2) is 9.74. The Hall–Kier alpha value is -2.85. The van der Waals surface area contributed by atoms with E-state index in [0.29, 0.717) is 13.1 Å². The highest BCUT2D eigenvalue weighted by Gasteiger charge is 2.13. The summed E-state index contributed by atoms with van der Waals surface area (Å²) in [5, 5.41) is 2.88. The van der Waals surface area contributed by atoms with Gasteiger partial charge in [-0.05, 0) is 34.9 Å². The van der Waals surface area contributed by atoms with Crippen molar-refractivity contribution >= 4 is 28.0 Å². The van der Waals surface area contributed by atoms with Crippen LogP contribution in [0, 0.1) is 0 Å². The number of urea groups is 1. The maximum Gasteiger partial charge on any atom is 0.321 e. The first kappa shape index (κ1) is 18.9. The lowest BCUT2D eigenvalue weighted by Gasteiger charge is -2.22. The number of carbonyl (C=O) groups is 1. The SMILES string of the molecule is O=C(N/C=C/c1cccc(Br)c1)N(Cc1ccccc1)Cc1ccccc1. The molecule has 3 nitrogen and oxygen atoms in total. The van der Waals surface area contributed by atoms with Gasteiger partial charge in [0, 0.05) is 23.8 Å². The molecular weight excluding hydrogens is 400 g/mol. The molecule has 0 bridgehead atoms. The first-order valence-corrected chi connectivity index (χ1v) is 9.55. The molecule has 3 rings (SSSR count). The second-order valence-electron chi connectivity index (χ2n) is 6.17. The fraction of sp³-hybridized carbons (Fsp3) is 0.0870. The van der Waals surface area contributed by atoms with Gasteiger partial charge in [-0.25, -0.2) is 4.79 Å². The van der Waals surface area contributed by atoms with Crippen molar-refractivity contribution < 1.29 is 4.79 Å². The minimum absolute atomic E-state index is 0.131. The lowest BCUT2D eigenvalue weighted by Crippen LogP contribution is -2.36. The molecule has 0 aliphatic rings. The molecular formula is C23H21BrN2O. The van der Waals surface area contributed by atoms with E-state index < -0.39 is 0 Å². The van der Waals surface area contributed by atoms with Crippen LogP contribution in [0.2, 0.25) is 0 Å². The Balaban J connectivity index is 1.69. The van der Waals surface area contributed by atoms with Gasteiger partial charge in [-0.3, -0.25) is 0 Å². The van der Waals surface area contributed by atoms with Crippen LogP contribution in [0.5, 0.6) is 0 Å². The third kappa shape index (κ3) is 6.12. The predicted octanol–water partition coefficient (Wildman–Crippen LogP) is 5.83. The third-order valence-corrected chi connectivity index (χ3v) is 4.54. The van der Waals surface area contributed by atoms with Crippen molar-refractivity contribution in [1.82, 2.24) is 10.2 Å². The smallest absolute Gasteiger partial charge is 0.316 e. The fourth-order valence-corrected chi connectivity index (χ4v) is 3.13. The number of benzene rings is 3. The van der Waals surface area contributed by atoms with Crippen LogP contribution in [0.3, 0.4) is 0 Å². The molecule has 0 aliphatic carbocycles. The highest BCUT2D eigenvalue weighted by molar-refractivity contribution is 9.10. The van der Waals surface area contributed by atoms with E-state index >= 15 is 0 Å². The van der Waals surface area contributed by atoms with Gasteiger partial charge in [-0.1, -0.05) is 88.7 Å². The van der Waals surface area contributed by atoms with E-state index in [9.17, 15) is 4.79 Å². The predicted molar refractivity (Wildman–Crippen MR) is 114 cm³/mol. The van der Waals surface area contributed by atoms with Crippen molar-refractivity contribution in [3.63, 3.8) is 0 Å². The van der Waals surface area contributed by atoms with Crippen LogP contribution in [0.15, 0.2) is 95.6 Å². The van der Waals surface area contributed by atoms with E-state index in [1.54, 1.807) is 11.1 Å². The highest BCUT2D eigenvalue weighted by atomic mass is 79.9. The zero-order valence-corrected chi connectivity index (χ0v) is 16.5. The number of nitrogens with one attached hydrogen (secondary N) is 1. The zero-order chi connectivity index (χ0) is 18.9. The summed E-state index contributed by atoms with van der Waals surface area (Å²) >= 11 is 3.45. The molecule has 0 fully saturated rings. The molecule has 0 heterocycles. The molecule has 3 aromatic rings. The van der Waals surface area contributed by atoms with Gasteiger partial charge >= 0.3 is 6.03 Å². The van der Waals surface area contributed by atoms with Crippen molar-refractivity contribution in [3.8, 4) is 0 Å². The van der Waals surface area contributed by atoms with Crippen LogP contribution in [-0.4, -0.2) is 10.9 Å². The van der Waals surface area contributed by atoms with E-state index in [2.05, 4.69) is 21.2 Å². The molecule has 0 unspecified atom stereocenters. The molecule has 0 saturated heterocycles. The van der Waals surface area contributed by atoms with Gasteiger partial charge in [-0.15, -0.1) is 0 Å². The van der Waals surface area contributed by atoms with E-state index in [1.807, 2.05) is 91.0 Å². The van der Waals surface area contributed by atoms with Crippen LogP contribution in [0.1, 0.15) is 16.7 Å².